The third kappa shape index (κ3) is 3.74. The maximum absolute atomic E-state index is 14.4. The standard InChI is InChI=1S/C27H25FN8O2/c1-15(38)19-10-12-35(33-19)26-21-23(30-20(14-37)27(21,2)3)31-24(32-26)22-17-8-6-11-29-25(17)36(34-22)13-16-7-4-5-9-18(16)28/h4-12,14-15,20,38H,13H2,1-3H3,(H,30,31,32). The van der Waals surface area contributed by atoms with Crippen LogP contribution in [0.3, 0.4) is 0 Å². The quantitative estimate of drug-likeness (QED) is 0.331. The van der Waals surface area contributed by atoms with Crippen LogP contribution < -0.4 is 5.32 Å². The molecule has 5 aromatic rings. The molecule has 0 bridgehead atoms. The molecule has 1 aliphatic rings. The average molecular weight is 513 g/mol. The summed E-state index contributed by atoms with van der Waals surface area (Å²) in [5.41, 5.74) is 2.08. The van der Waals surface area contributed by atoms with E-state index in [9.17, 15) is 14.3 Å². The summed E-state index contributed by atoms with van der Waals surface area (Å²) in [6, 6.07) is 11.4. The Morgan fingerprint density at radius 2 is 1.97 bits per heavy atom. The third-order valence-electron chi connectivity index (χ3n) is 6.99. The number of halogens is 1. The number of nitrogens with one attached hydrogen (secondary N) is 1. The van der Waals surface area contributed by atoms with Crippen molar-refractivity contribution in [2.45, 2.75) is 44.9 Å². The van der Waals surface area contributed by atoms with Crippen molar-refractivity contribution >= 4 is 23.1 Å². The van der Waals surface area contributed by atoms with Crippen molar-refractivity contribution in [2.24, 2.45) is 0 Å². The maximum atomic E-state index is 14.4. The SMILES string of the molecule is CC(O)c1ccn(-c2nc(-c3nn(Cc4ccccc4F)c4ncccc34)nc3c2C(C)(C)C(C=O)N3)n1. The van der Waals surface area contributed by atoms with Gasteiger partial charge in [0.15, 0.2) is 17.3 Å². The van der Waals surface area contributed by atoms with Crippen LogP contribution in [0.4, 0.5) is 10.2 Å². The predicted octanol–water partition coefficient (Wildman–Crippen LogP) is 3.59. The van der Waals surface area contributed by atoms with E-state index < -0.39 is 17.6 Å². The van der Waals surface area contributed by atoms with Crippen LogP contribution in [0.2, 0.25) is 0 Å². The van der Waals surface area contributed by atoms with Crippen LogP contribution in [0.1, 0.15) is 43.7 Å². The molecular formula is C27H25FN8O2. The summed E-state index contributed by atoms with van der Waals surface area (Å²) in [6.07, 6.45) is 3.47. The molecule has 0 amide bonds. The van der Waals surface area contributed by atoms with Crippen molar-refractivity contribution < 1.29 is 14.3 Å². The van der Waals surface area contributed by atoms with Gasteiger partial charge in [-0.05, 0) is 31.2 Å². The summed E-state index contributed by atoms with van der Waals surface area (Å²) in [6.45, 7) is 5.70. The fourth-order valence-electron chi connectivity index (χ4n) is 4.86. The Morgan fingerprint density at radius 1 is 1.16 bits per heavy atom. The lowest BCUT2D eigenvalue weighted by Crippen LogP contribution is -2.35. The first kappa shape index (κ1) is 23.9. The number of aliphatic hydroxyl groups excluding tert-OH is 1. The normalized spacial score (nSPS) is 16.8. The van der Waals surface area contributed by atoms with Gasteiger partial charge in [-0.25, -0.2) is 28.7 Å². The Kier molecular flexibility index (Phi) is 5.53. The first-order valence-corrected chi connectivity index (χ1v) is 12.2. The summed E-state index contributed by atoms with van der Waals surface area (Å²) in [5, 5.41) is 23.2. The molecule has 0 fully saturated rings. The fraction of sp³-hybridized carbons (Fsp3) is 0.259. The second-order valence-corrected chi connectivity index (χ2v) is 9.91. The second-order valence-electron chi connectivity index (χ2n) is 9.91. The summed E-state index contributed by atoms with van der Waals surface area (Å²) >= 11 is 0. The summed E-state index contributed by atoms with van der Waals surface area (Å²) < 4.78 is 17.7. The number of carbonyl (C=O) groups excluding carboxylic acids is 1. The summed E-state index contributed by atoms with van der Waals surface area (Å²) in [7, 11) is 0. The number of pyridine rings is 1. The highest BCUT2D eigenvalue weighted by atomic mass is 19.1. The number of aromatic nitrogens is 7. The number of hydrogen-bond donors (Lipinski definition) is 2. The molecule has 0 aliphatic carbocycles. The first-order chi connectivity index (χ1) is 18.3. The summed E-state index contributed by atoms with van der Waals surface area (Å²) in [5.74, 6) is 0.943. The highest BCUT2D eigenvalue weighted by Crippen LogP contribution is 2.43. The number of anilines is 1. The largest absolute Gasteiger partial charge is 0.387 e. The third-order valence-corrected chi connectivity index (χ3v) is 6.99. The number of benzene rings is 1. The molecule has 2 unspecified atom stereocenters. The van der Waals surface area contributed by atoms with Gasteiger partial charge in [0, 0.05) is 28.9 Å². The minimum atomic E-state index is -0.761. The van der Waals surface area contributed by atoms with Gasteiger partial charge in [0.05, 0.1) is 29.8 Å². The average Bonchev–Trinajstić information content (AvgIpc) is 3.60. The molecule has 192 valence electrons. The number of rotatable bonds is 6. The Labute approximate surface area is 217 Å². The zero-order valence-electron chi connectivity index (χ0n) is 21.0. The highest BCUT2D eigenvalue weighted by Gasteiger charge is 2.44. The molecule has 4 aromatic heterocycles. The van der Waals surface area contributed by atoms with Gasteiger partial charge >= 0.3 is 0 Å². The maximum Gasteiger partial charge on any atom is 0.184 e. The lowest BCUT2D eigenvalue weighted by Gasteiger charge is -2.24. The lowest BCUT2D eigenvalue weighted by atomic mass is 9.82. The van der Waals surface area contributed by atoms with E-state index in [1.807, 2.05) is 19.9 Å². The smallest absolute Gasteiger partial charge is 0.184 e. The predicted molar refractivity (Wildman–Crippen MR) is 138 cm³/mol. The monoisotopic (exact) mass is 512 g/mol. The zero-order chi connectivity index (χ0) is 26.6. The molecule has 2 N–H and O–H groups in total. The Hall–Kier alpha value is -4.51. The van der Waals surface area contributed by atoms with E-state index in [0.717, 1.165) is 11.8 Å². The van der Waals surface area contributed by atoms with E-state index in [-0.39, 0.29) is 12.4 Å². The minimum Gasteiger partial charge on any atom is -0.387 e. The van der Waals surface area contributed by atoms with Gasteiger partial charge < -0.3 is 15.2 Å². The molecular weight excluding hydrogens is 487 g/mol. The van der Waals surface area contributed by atoms with Crippen LogP contribution in [-0.4, -0.2) is 51.9 Å². The van der Waals surface area contributed by atoms with Crippen LogP contribution in [0, 0.1) is 5.82 Å². The molecule has 0 saturated carbocycles. The molecule has 0 spiro atoms. The van der Waals surface area contributed by atoms with E-state index in [4.69, 9.17) is 15.1 Å². The number of aldehydes is 1. The Morgan fingerprint density at radius 3 is 2.71 bits per heavy atom. The van der Waals surface area contributed by atoms with Gasteiger partial charge in [-0.15, -0.1) is 0 Å². The molecule has 6 rings (SSSR count). The van der Waals surface area contributed by atoms with E-state index in [0.29, 0.717) is 45.4 Å². The zero-order valence-corrected chi connectivity index (χ0v) is 21.0. The number of carbonyl (C=O) groups is 1. The Bertz CT molecular complexity index is 1690. The summed E-state index contributed by atoms with van der Waals surface area (Å²) in [4.78, 5) is 26.1. The van der Waals surface area contributed by atoms with E-state index >= 15 is 0 Å². The van der Waals surface area contributed by atoms with Crippen LogP contribution in [0.25, 0.3) is 28.4 Å². The van der Waals surface area contributed by atoms with Crippen molar-refractivity contribution in [1.82, 2.24) is 34.5 Å². The number of aliphatic hydroxyl groups is 1. The second kappa shape index (κ2) is 8.80. The van der Waals surface area contributed by atoms with Crippen molar-refractivity contribution in [3.8, 4) is 17.3 Å². The van der Waals surface area contributed by atoms with Gasteiger partial charge in [-0.1, -0.05) is 32.0 Å². The first-order valence-electron chi connectivity index (χ1n) is 12.2. The number of nitrogens with zero attached hydrogens (tertiary/aromatic N) is 7. The van der Waals surface area contributed by atoms with Crippen molar-refractivity contribution in [3.63, 3.8) is 0 Å². The van der Waals surface area contributed by atoms with Crippen LogP contribution in [-0.2, 0) is 16.8 Å². The van der Waals surface area contributed by atoms with Gasteiger partial charge in [0.1, 0.15) is 23.6 Å². The fourth-order valence-corrected chi connectivity index (χ4v) is 4.86. The molecule has 0 radical (unpaired) electrons. The molecule has 0 saturated heterocycles. The highest BCUT2D eigenvalue weighted by molar-refractivity contribution is 5.90. The van der Waals surface area contributed by atoms with E-state index in [1.165, 1.54) is 6.07 Å². The molecule has 1 aliphatic heterocycles. The van der Waals surface area contributed by atoms with Crippen LogP contribution in [0.15, 0.2) is 54.9 Å². The topological polar surface area (TPSA) is 124 Å². The molecule has 2 atom stereocenters. The van der Waals surface area contributed by atoms with E-state index in [2.05, 4.69) is 15.4 Å². The molecule has 38 heavy (non-hydrogen) atoms. The molecule has 11 heteroatoms. The van der Waals surface area contributed by atoms with E-state index in [1.54, 1.807) is 59.0 Å². The van der Waals surface area contributed by atoms with Gasteiger partial charge in [-0.3, -0.25) is 0 Å². The van der Waals surface area contributed by atoms with Crippen LogP contribution >= 0.6 is 0 Å². The Balaban J connectivity index is 1.56. The molecule has 5 heterocycles. The van der Waals surface area contributed by atoms with Crippen molar-refractivity contribution in [1.29, 1.82) is 0 Å². The van der Waals surface area contributed by atoms with Gasteiger partial charge in [-0.2, -0.15) is 10.2 Å². The van der Waals surface area contributed by atoms with Crippen molar-refractivity contribution in [3.05, 3.63) is 77.5 Å². The molecule has 1 aromatic carbocycles. The van der Waals surface area contributed by atoms with Gasteiger partial charge in [0.25, 0.3) is 0 Å². The number of hydrogen-bond acceptors (Lipinski definition) is 8. The van der Waals surface area contributed by atoms with Crippen LogP contribution in [0.5, 0.6) is 0 Å². The van der Waals surface area contributed by atoms with Crippen molar-refractivity contribution in [2.75, 3.05) is 5.32 Å². The number of fused-ring (bicyclic) bond motifs is 2. The lowest BCUT2D eigenvalue weighted by molar-refractivity contribution is -0.109. The molecule has 10 nitrogen and oxygen atoms in total. The minimum absolute atomic E-state index is 0.174. The van der Waals surface area contributed by atoms with Gasteiger partial charge in [0.2, 0.25) is 0 Å².